The summed E-state index contributed by atoms with van der Waals surface area (Å²) in [6.07, 6.45) is 0. The van der Waals surface area contributed by atoms with Gasteiger partial charge in [0.2, 0.25) is 0 Å². The van der Waals surface area contributed by atoms with Gasteiger partial charge in [0.05, 0.1) is 0 Å². The summed E-state index contributed by atoms with van der Waals surface area (Å²) < 4.78 is 0. The molecule has 3 aliphatic rings. The predicted molar refractivity (Wildman–Crippen MR) is 105 cm³/mol. The first kappa shape index (κ1) is 12.7. The van der Waals surface area contributed by atoms with Gasteiger partial charge < -0.3 is 0 Å². The lowest BCUT2D eigenvalue weighted by atomic mass is 9.90. The Balaban J connectivity index is 1.63. The van der Waals surface area contributed by atoms with Gasteiger partial charge in [-0.25, -0.2) is 0 Å². The van der Waals surface area contributed by atoms with E-state index in [1.54, 1.807) is 16.5 Å². The van der Waals surface area contributed by atoms with E-state index in [4.69, 9.17) is 0 Å². The van der Waals surface area contributed by atoms with Crippen molar-refractivity contribution in [2.75, 3.05) is 0 Å². The lowest BCUT2D eigenvalue weighted by Gasteiger charge is -2.14. The van der Waals surface area contributed by atoms with E-state index in [1.165, 1.54) is 38.4 Å². The fourth-order valence-electron chi connectivity index (χ4n) is 6.00. The van der Waals surface area contributed by atoms with Crippen LogP contribution in [0.15, 0.2) is 60.7 Å². The predicted octanol–water partition coefficient (Wildman–Crippen LogP) is 6.86. The number of benzene rings is 4. The zero-order chi connectivity index (χ0) is 16.5. The topological polar surface area (TPSA) is 0 Å². The van der Waals surface area contributed by atoms with Crippen LogP contribution in [0.1, 0.15) is 36.8 Å². The maximum atomic E-state index is 2.43. The third kappa shape index (κ3) is 1.25. The van der Waals surface area contributed by atoms with Crippen LogP contribution >= 0.6 is 0 Å². The molecular weight excluding hydrogens is 300 g/mol. The first-order valence-corrected chi connectivity index (χ1v) is 9.29. The highest BCUT2D eigenvalue weighted by molar-refractivity contribution is 6.19. The second kappa shape index (κ2) is 3.65. The number of fused-ring (bicyclic) bond motifs is 7. The van der Waals surface area contributed by atoms with Gasteiger partial charge in [-0.3, -0.25) is 0 Å². The van der Waals surface area contributed by atoms with Crippen molar-refractivity contribution in [2.24, 2.45) is 5.41 Å². The van der Waals surface area contributed by atoms with Crippen molar-refractivity contribution in [1.82, 2.24) is 0 Å². The monoisotopic (exact) mass is 318 g/mol. The van der Waals surface area contributed by atoms with Crippen molar-refractivity contribution >= 4 is 21.5 Å². The van der Waals surface area contributed by atoms with E-state index in [0.717, 1.165) is 11.8 Å². The molecule has 0 aromatic heterocycles. The minimum atomic E-state index is 0.443. The quantitative estimate of drug-likeness (QED) is 0.292. The average Bonchev–Trinajstić information content (AvgIpc) is 2.91. The van der Waals surface area contributed by atoms with Crippen LogP contribution in [0.3, 0.4) is 0 Å². The molecule has 25 heavy (non-hydrogen) atoms. The normalized spacial score (nSPS) is 23.1. The fourth-order valence-corrected chi connectivity index (χ4v) is 6.00. The van der Waals surface area contributed by atoms with Gasteiger partial charge >= 0.3 is 0 Å². The molecule has 0 heteroatoms. The zero-order valence-corrected chi connectivity index (χ0v) is 14.4. The summed E-state index contributed by atoms with van der Waals surface area (Å²) in [4.78, 5) is 0. The van der Waals surface area contributed by atoms with Crippen LogP contribution in [0, 0.1) is 5.41 Å². The van der Waals surface area contributed by atoms with Gasteiger partial charge in [-0.2, -0.15) is 0 Å². The highest BCUT2D eigenvalue weighted by Crippen LogP contribution is 2.76. The van der Waals surface area contributed by atoms with Crippen LogP contribution in [0.25, 0.3) is 43.8 Å². The molecule has 4 aromatic carbocycles. The van der Waals surface area contributed by atoms with Gasteiger partial charge in [-0.15, -0.1) is 0 Å². The summed E-state index contributed by atoms with van der Waals surface area (Å²) in [7, 11) is 0. The Morgan fingerprint density at radius 3 is 1.64 bits per heavy atom. The molecule has 1 fully saturated rings. The highest BCUT2D eigenvalue weighted by Gasteiger charge is 2.63. The fraction of sp³-hybridized carbons (Fsp3) is 0.200. The Morgan fingerprint density at radius 1 is 0.600 bits per heavy atom. The Morgan fingerprint density at radius 2 is 1.12 bits per heavy atom. The first-order valence-electron chi connectivity index (χ1n) is 9.29. The van der Waals surface area contributed by atoms with E-state index in [9.17, 15) is 0 Å². The standard InChI is InChI=1S/C25H18/c1-25(2)23-17-9-7-15-19-11-13-5-3-4-6-14(13)12-20(19)16-8-10-18(24(23)25)22(17)21(15)16/h3-12,23-24H,1-2H3. The van der Waals surface area contributed by atoms with Crippen molar-refractivity contribution in [3.63, 3.8) is 0 Å². The van der Waals surface area contributed by atoms with Crippen molar-refractivity contribution in [3.05, 3.63) is 71.8 Å². The van der Waals surface area contributed by atoms with Gasteiger partial charge in [-0.05, 0) is 84.3 Å². The minimum absolute atomic E-state index is 0.443. The minimum Gasteiger partial charge on any atom is -0.0616 e. The van der Waals surface area contributed by atoms with Crippen LogP contribution in [0.5, 0.6) is 0 Å². The van der Waals surface area contributed by atoms with Gasteiger partial charge in [0.15, 0.2) is 0 Å². The first-order chi connectivity index (χ1) is 12.2. The number of rotatable bonds is 0. The summed E-state index contributed by atoms with van der Waals surface area (Å²) in [5.41, 5.74) is 9.35. The molecule has 118 valence electrons. The Labute approximate surface area is 147 Å². The molecule has 0 N–H and O–H groups in total. The largest absolute Gasteiger partial charge is 0.0616 e. The Hall–Kier alpha value is -2.60. The summed E-state index contributed by atoms with van der Waals surface area (Å²) in [6, 6.07) is 23.1. The molecular formula is C25H18. The molecule has 0 amide bonds. The van der Waals surface area contributed by atoms with Crippen LogP contribution in [0.4, 0.5) is 0 Å². The third-order valence-electron chi connectivity index (χ3n) is 7.19. The van der Waals surface area contributed by atoms with E-state index in [0.29, 0.717) is 5.41 Å². The summed E-state index contributed by atoms with van der Waals surface area (Å²) in [5.74, 6) is 1.46. The van der Waals surface area contributed by atoms with Crippen molar-refractivity contribution < 1.29 is 0 Å². The highest BCUT2D eigenvalue weighted by atomic mass is 14.7. The van der Waals surface area contributed by atoms with Gasteiger partial charge in [0.1, 0.15) is 0 Å². The van der Waals surface area contributed by atoms with E-state index < -0.39 is 0 Å². The van der Waals surface area contributed by atoms with Crippen molar-refractivity contribution in [2.45, 2.75) is 25.7 Å². The molecule has 0 bridgehead atoms. The zero-order valence-electron chi connectivity index (χ0n) is 14.4. The Kier molecular flexibility index (Phi) is 1.86. The van der Waals surface area contributed by atoms with Gasteiger partial charge in [0.25, 0.3) is 0 Å². The molecule has 0 nitrogen and oxygen atoms in total. The maximum Gasteiger partial charge on any atom is -0.00206 e. The van der Waals surface area contributed by atoms with Gasteiger partial charge in [-0.1, -0.05) is 62.4 Å². The molecule has 4 aromatic rings. The molecule has 0 aliphatic heterocycles. The van der Waals surface area contributed by atoms with Crippen LogP contribution < -0.4 is 0 Å². The maximum absolute atomic E-state index is 2.43. The van der Waals surface area contributed by atoms with Gasteiger partial charge in [0, 0.05) is 0 Å². The summed E-state index contributed by atoms with van der Waals surface area (Å²) in [6.45, 7) is 4.86. The molecule has 0 spiro atoms. The van der Waals surface area contributed by atoms with Crippen molar-refractivity contribution in [1.29, 1.82) is 0 Å². The molecule has 3 aliphatic carbocycles. The second-order valence-corrected chi connectivity index (χ2v) is 8.68. The molecule has 7 rings (SSSR count). The SMILES string of the molecule is CC1(C)C2c3ccc4c5c(ccc(c35)C21)-c1cc2ccccc2cc1-4. The molecule has 2 atom stereocenters. The number of hydrogen-bond donors (Lipinski definition) is 0. The number of hydrogen-bond acceptors (Lipinski definition) is 0. The second-order valence-electron chi connectivity index (χ2n) is 8.68. The smallest absolute Gasteiger partial charge is 0.00206 e. The van der Waals surface area contributed by atoms with E-state index in [1.807, 2.05) is 0 Å². The third-order valence-corrected chi connectivity index (χ3v) is 7.19. The summed E-state index contributed by atoms with van der Waals surface area (Å²) >= 11 is 0. The van der Waals surface area contributed by atoms with E-state index >= 15 is 0 Å². The molecule has 0 radical (unpaired) electrons. The van der Waals surface area contributed by atoms with E-state index in [-0.39, 0.29) is 0 Å². The average molecular weight is 318 g/mol. The molecule has 1 saturated carbocycles. The van der Waals surface area contributed by atoms with Crippen molar-refractivity contribution in [3.8, 4) is 22.3 Å². The molecule has 0 heterocycles. The van der Waals surface area contributed by atoms with E-state index in [2.05, 4.69) is 74.5 Å². The lowest BCUT2D eigenvalue weighted by molar-refractivity contribution is 0.598. The summed E-state index contributed by atoms with van der Waals surface area (Å²) in [5, 5.41) is 5.77. The molecule has 2 unspecified atom stereocenters. The van der Waals surface area contributed by atoms with Crippen LogP contribution in [0.2, 0.25) is 0 Å². The lowest BCUT2D eigenvalue weighted by Crippen LogP contribution is -1.97. The van der Waals surface area contributed by atoms with Crippen LogP contribution in [-0.2, 0) is 0 Å². The van der Waals surface area contributed by atoms with Crippen LogP contribution in [-0.4, -0.2) is 0 Å². The molecule has 0 saturated heterocycles. The Bertz CT molecular complexity index is 1180.